The number of hydrogen-bond donors (Lipinski definition) is 1. The Morgan fingerprint density at radius 3 is 2.53 bits per heavy atom. The Bertz CT molecular complexity index is 603. The predicted molar refractivity (Wildman–Crippen MR) is 86.7 cm³/mol. The summed E-state index contributed by atoms with van der Waals surface area (Å²) in [6.45, 7) is 4.75. The summed E-state index contributed by atoms with van der Waals surface area (Å²) >= 11 is 3.64. The number of fused-ring (bicyclic) bond motifs is 1. The molecule has 2 heteroatoms. The van der Waals surface area contributed by atoms with Gasteiger partial charge in [-0.1, -0.05) is 60.5 Å². The molecule has 0 radical (unpaired) electrons. The number of nitrogens with one attached hydrogen (secondary N) is 1. The zero-order chi connectivity index (χ0) is 13.5. The van der Waals surface area contributed by atoms with Gasteiger partial charge < -0.3 is 5.32 Å². The monoisotopic (exact) mass is 317 g/mol. The standard InChI is InChI=1S/C17H20BrN/c1-17(2)11-5-8-16(17)19-15-10-9-14(18)12-6-3-4-7-13(12)15/h3-4,6-7,9-10,16,19H,5,8,11H2,1-2H3. The molecule has 0 spiro atoms. The van der Waals surface area contributed by atoms with Crippen LogP contribution >= 0.6 is 15.9 Å². The highest BCUT2D eigenvalue weighted by molar-refractivity contribution is 9.10. The van der Waals surface area contributed by atoms with E-state index in [4.69, 9.17) is 0 Å². The van der Waals surface area contributed by atoms with Crippen molar-refractivity contribution in [2.45, 2.75) is 39.2 Å². The highest BCUT2D eigenvalue weighted by atomic mass is 79.9. The first-order valence-electron chi connectivity index (χ1n) is 7.02. The fourth-order valence-electron chi connectivity index (χ4n) is 3.17. The molecule has 2 aromatic rings. The summed E-state index contributed by atoms with van der Waals surface area (Å²) in [7, 11) is 0. The minimum atomic E-state index is 0.397. The Balaban J connectivity index is 2.00. The summed E-state index contributed by atoms with van der Waals surface area (Å²) < 4.78 is 1.17. The van der Waals surface area contributed by atoms with Crippen molar-refractivity contribution in [1.82, 2.24) is 0 Å². The lowest BCUT2D eigenvalue weighted by molar-refractivity contribution is 0.350. The van der Waals surface area contributed by atoms with Crippen molar-refractivity contribution >= 4 is 32.4 Å². The molecule has 2 aromatic carbocycles. The van der Waals surface area contributed by atoms with Crippen molar-refractivity contribution in [3.63, 3.8) is 0 Å². The second kappa shape index (κ2) is 4.82. The molecule has 0 heterocycles. The number of benzene rings is 2. The lowest BCUT2D eigenvalue weighted by Crippen LogP contribution is -2.30. The lowest BCUT2D eigenvalue weighted by Gasteiger charge is -2.29. The van der Waals surface area contributed by atoms with E-state index in [-0.39, 0.29) is 0 Å². The molecule has 1 nitrogen and oxygen atoms in total. The molecule has 1 atom stereocenters. The van der Waals surface area contributed by atoms with Crippen molar-refractivity contribution in [2.24, 2.45) is 5.41 Å². The molecule has 1 N–H and O–H groups in total. The summed E-state index contributed by atoms with van der Waals surface area (Å²) in [6, 6.07) is 13.5. The summed E-state index contributed by atoms with van der Waals surface area (Å²) in [5.41, 5.74) is 1.66. The molecule has 0 aromatic heterocycles. The van der Waals surface area contributed by atoms with Crippen LogP contribution in [0.3, 0.4) is 0 Å². The normalized spacial score (nSPS) is 21.7. The summed E-state index contributed by atoms with van der Waals surface area (Å²) in [5, 5.41) is 6.37. The molecule has 0 bridgehead atoms. The quantitative estimate of drug-likeness (QED) is 0.761. The van der Waals surface area contributed by atoms with Gasteiger partial charge in [0.1, 0.15) is 0 Å². The first kappa shape index (κ1) is 13.0. The van der Waals surface area contributed by atoms with Crippen molar-refractivity contribution in [2.75, 3.05) is 5.32 Å². The van der Waals surface area contributed by atoms with Gasteiger partial charge in [-0.2, -0.15) is 0 Å². The van der Waals surface area contributed by atoms with Crippen LogP contribution in [0.25, 0.3) is 10.8 Å². The largest absolute Gasteiger partial charge is 0.381 e. The third-order valence-corrected chi connectivity index (χ3v) is 5.15. The van der Waals surface area contributed by atoms with Gasteiger partial charge in [0.2, 0.25) is 0 Å². The molecule has 1 aliphatic carbocycles. The van der Waals surface area contributed by atoms with Crippen molar-refractivity contribution in [3.8, 4) is 0 Å². The van der Waals surface area contributed by atoms with Gasteiger partial charge in [-0.05, 0) is 35.8 Å². The Kier molecular flexibility index (Phi) is 3.30. The van der Waals surface area contributed by atoms with Gasteiger partial charge >= 0.3 is 0 Å². The maximum Gasteiger partial charge on any atom is 0.0423 e. The van der Waals surface area contributed by atoms with Crippen LogP contribution in [-0.4, -0.2) is 6.04 Å². The first-order valence-corrected chi connectivity index (χ1v) is 7.81. The molecule has 1 aliphatic rings. The molecule has 0 amide bonds. The SMILES string of the molecule is CC1(C)CCCC1Nc1ccc(Br)c2ccccc12. The maximum atomic E-state index is 3.78. The Labute approximate surface area is 123 Å². The number of rotatable bonds is 2. The molecular formula is C17H20BrN. The first-order chi connectivity index (χ1) is 9.08. The zero-order valence-corrected chi connectivity index (χ0v) is 13.1. The van der Waals surface area contributed by atoms with Crippen LogP contribution in [0, 0.1) is 5.41 Å². The molecule has 1 fully saturated rings. The average molecular weight is 318 g/mol. The molecule has 3 rings (SSSR count). The van der Waals surface area contributed by atoms with Gasteiger partial charge in [0.25, 0.3) is 0 Å². The topological polar surface area (TPSA) is 12.0 Å². The van der Waals surface area contributed by atoms with Crippen molar-refractivity contribution in [1.29, 1.82) is 0 Å². The van der Waals surface area contributed by atoms with E-state index in [1.54, 1.807) is 0 Å². The second-order valence-corrected chi connectivity index (χ2v) is 7.07. The highest BCUT2D eigenvalue weighted by Gasteiger charge is 2.34. The maximum absolute atomic E-state index is 3.78. The summed E-state index contributed by atoms with van der Waals surface area (Å²) in [6.07, 6.45) is 3.93. The number of halogens is 1. The van der Waals surface area contributed by atoms with E-state index in [1.807, 2.05) is 0 Å². The zero-order valence-electron chi connectivity index (χ0n) is 11.5. The smallest absolute Gasteiger partial charge is 0.0423 e. The van der Waals surface area contributed by atoms with Gasteiger partial charge in [-0.3, -0.25) is 0 Å². The fourth-order valence-corrected chi connectivity index (χ4v) is 3.65. The predicted octanol–water partition coefficient (Wildman–Crippen LogP) is 5.59. The van der Waals surface area contributed by atoms with Gasteiger partial charge in [0, 0.05) is 21.6 Å². The van der Waals surface area contributed by atoms with Crippen LogP contribution in [0.4, 0.5) is 5.69 Å². The third kappa shape index (κ3) is 2.38. The van der Waals surface area contributed by atoms with E-state index in [2.05, 4.69) is 71.5 Å². The summed E-state index contributed by atoms with van der Waals surface area (Å²) in [5.74, 6) is 0. The van der Waals surface area contributed by atoms with E-state index in [9.17, 15) is 0 Å². The number of hydrogen-bond acceptors (Lipinski definition) is 1. The van der Waals surface area contributed by atoms with E-state index in [0.29, 0.717) is 11.5 Å². The number of anilines is 1. The molecule has 0 saturated heterocycles. The Hall–Kier alpha value is -1.02. The van der Waals surface area contributed by atoms with Crippen LogP contribution in [-0.2, 0) is 0 Å². The van der Waals surface area contributed by atoms with Crippen LogP contribution in [0.1, 0.15) is 33.1 Å². The van der Waals surface area contributed by atoms with Crippen LogP contribution in [0.5, 0.6) is 0 Å². The highest BCUT2D eigenvalue weighted by Crippen LogP contribution is 2.40. The third-order valence-electron chi connectivity index (χ3n) is 4.46. The van der Waals surface area contributed by atoms with E-state index in [0.717, 1.165) is 0 Å². The minimum Gasteiger partial charge on any atom is -0.381 e. The summed E-state index contributed by atoms with van der Waals surface area (Å²) in [4.78, 5) is 0. The van der Waals surface area contributed by atoms with E-state index in [1.165, 1.54) is 40.2 Å². The molecule has 1 unspecified atom stereocenters. The lowest BCUT2D eigenvalue weighted by atomic mass is 9.87. The van der Waals surface area contributed by atoms with Gasteiger partial charge in [0.05, 0.1) is 0 Å². The minimum absolute atomic E-state index is 0.397. The average Bonchev–Trinajstić information content (AvgIpc) is 2.72. The van der Waals surface area contributed by atoms with Crippen molar-refractivity contribution in [3.05, 3.63) is 40.9 Å². The van der Waals surface area contributed by atoms with E-state index >= 15 is 0 Å². The van der Waals surface area contributed by atoms with Crippen LogP contribution < -0.4 is 5.32 Å². The Morgan fingerprint density at radius 2 is 1.84 bits per heavy atom. The molecule has 19 heavy (non-hydrogen) atoms. The molecular weight excluding hydrogens is 298 g/mol. The fraction of sp³-hybridized carbons (Fsp3) is 0.412. The second-order valence-electron chi connectivity index (χ2n) is 6.22. The van der Waals surface area contributed by atoms with Crippen molar-refractivity contribution < 1.29 is 0 Å². The van der Waals surface area contributed by atoms with Crippen LogP contribution in [0.2, 0.25) is 0 Å². The molecule has 0 aliphatic heterocycles. The molecule has 1 saturated carbocycles. The van der Waals surface area contributed by atoms with E-state index < -0.39 is 0 Å². The van der Waals surface area contributed by atoms with Gasteiger partial charge in [-0.15, -0.1) is 0 Å². The Morgan fingerprint density at radius 1 is 1.11 bits per heavy atom. The molecule has 100 valence electrons. The van der Waals surface area contributed by atoms with Gasteiger partial charge in [-0.25, -0.2) is 0 Å². The van der Waals surface area contributed by atoms with Gasteiger partial charge in [0.15, 0.2) is 0 Å². The van der Waals surface area contributed by atoms with Crippen LogP contribution in [0.15, 0.2) is 40.9 Å².